The van der Waals surface area contributed by atoms with Gasteiger partial charge in [0.2, 0.25) is 5.70 Å². The van der Waals surface area contributed by atoms with Crippen molar-refractivity contribution in [1.29, 1.82) is 0 Å². The average molecular weight is 547 g/mol. The number of fused-ring (bicyclic) bond motifs is 7. The molecule has 216 valence electrons. The van der Waals surface area contributed by atoms with Gasteiger partial charge in [0.05, 0.1) is 6.57 Å². The van der Waals surface area contributed by atoms with E-state index < -0.39 is 27.3 Å². The minimum Gasteiger partial charge on any atom is -0.523 e. The Hall–Kier alpha value is -2.46. The molecule has 1 aromatic rings. The predicted octanol–water partition coefficient (Wildman–Crippen LogP) is 6.53. The topological polar surface area (TPSA) is 92.6 Å². The van der Waals surface area contributed by atoms with Crippen LogP contribution in [0, 0.1) is 57.3 Å². The Kier molecular flexibility index (Phi) is 5.75. The molecule has 0 saturated heterocycles. The summed E-state index contributed by atoms with van der Waals surface area (Å²) in [5.74, 6) is 0.561. The number of aliphatic hydroxyl groups is 2. The maximum atomic E-state index is 14.7. The Morgan fingerprint density at radius 2 is 1.82 bits per heavy atom. The molecule has 5 aliphatic rings. The van der Waals surface area contributed by atoms with Gasteiger partial charge in [-0.3, -0.25) is 9.48 Å². The molecule has 0 spiro atoms. The molecule has 1 unspecified atom stereocenters. The maximum Gasteiger partial charge on any atom is 0.203 e. The first-order valence-electron chi connectivity index (χ1n) is 15.2. The Balaban J connectivity index is 1.54. The highest BCUT2D eigenvalue weighted by molar-refractivity contribution is 6.00. The number of hydrogen-bond donors (Lipinski definition) is 2. The zero-order chi connectivity index (χ0) is 29.1. The number of carbonyl (C=O) groups excluding carboxylic acids is 1. The smallest absolute Gasteiger partial charge is 0.203 e. The molecule has 0 bridgehead atoms. The van der Waals surface area contributed by atoms with Crippen molar-refractivity contribution in [3.05, 3.63) is 47.2 Å². The highest BCUT2D eigenvalue weighted by Crippen LogP contribution is 2.76. The van der Waals surface area contributed by atoms with Gasteiger partial charge in [-0.15, -0.1) is 0 Å². The standard InChI is InChI=1S/C33H46N4O3/c1-20-9-12-32(17-37-19-35-18-36-37)14-13-31(7)30(6)11-10-23-28(3,4)27(39)22(34-8)16-29(23,5)24(30)15-25(38)33(31,40)26(32)21(20)2/h15,18-21,23,26,39-40H,9-14,16-17H2,1-7H3/t20-,21+,23+,26-,29+,30-,31+,32-,33?/m1/s1. The lowest BCUT2D eigenvalue weighted by Crippen LogP contribution is -2.75. The van der Waals surface area contributed by atoms with Gasteiger partial charge >= 0.3 is 0 Å². The van der Waals surface area contributed by atoms with E-state index in [4.69, 9.17) is 6.57 Å². The molecule has 3 fully saturated rings. The van der Waals surface area contributed by atoms with Crippen molar-refractivity contribution < 1.29 is 15.0 Å². The lowest BCUT2D eigenvalue weighted by molar-refractivity contribution is -0.256. The zero-order valence-electron chi connectivity index (χ0n) is 25.3. The average Bonchev–Trinajstić information content (AvgIpc) is 3.40. The van der Waals surface area contributed by atoms with Crippen molar-refractivity contribution in [2.24, 2.45) is 50.7 Å². The molecule has 9 atom stereocenters. The summed E-state index contributed by atoms with van der Waals surface area (Å²) in [6, 6.07) is 0. The highest BCUT2D eigenvalue weighted by Gasteiger charge is 2.76. The molecule has 1 heterocycles. The fraction of sp³-hybridized carbons (Fsp3) is 0.758. The van der Waals surface area contributed by atoms with E-state index in [-0.39, 0.29) is 34.7 Å². The van der Waals surface area contributed by atoms with Crippen LogP contribution in [0.4, 0.5) is 0 Å². The quantitative estimate of drug-likeness (QED) is 0.412. The Morgan fingerprint density at radius 1 is 1.10 bits per heavy atom. The van der Waals surface area contributed by atoms with Crippen LogP contribution in [0.2, 0.25) is 0 Å². The summed E-state index contributed by atoms with van der Waals surface area (Å²) in [5.41, 5.74) is -2.27. The number of ketones is 1. The van der Waals surface area contributed by atoms with Crippen LogP contribution < -0.4 is 0 Å². The molecule has 1 aromatic heterocycles. The molecular weight excluding hydrogens is 500 g/mol. The number of nitrogens with zero attached hydrogens (tertiary/aromatic N) is 4. The molecule has 6 rings (SSSR count). The molecular formula is C33H46N4O3. The van der Waals surface area contributed by atoms with Crippen LogP contribution in [0.15, 0.2) is 35.8 Å². The van der Waals surface area contributed by atoms with Gasteiger partial charge in [0.25, 0.3) is 0 Å². The molecule has 5 aliphatic carbocycles. The summed E-state index contributed by atoms with van der Waals surface area (Å²) in [6.45, 7) is 23.8. The predicted molar refractivity (Wildman–Crippen MR) is 152 cm³/mol. The maximum absolute atomic E-state index is 14.7. The Labute approximate surface area is 239 Å². The second kappa shape index (κ2) is 8.31. The largest absolute Gasteiger partial charge is 0.523 e. The third-order valence-electron chi connectivity index (χ3n) is 13.7. The second-order valence-electron chi connectivity index (χ2n) is 15.5. The van der Waals surface area contributed by atoms with E-state index in [1.807, 2.05) is 24.6 Å². The highest BCUT2D eigenvalue weighted by atomic mass is 16.3. The summed E-state index contributed by atoms with van der Waals surface area (Å²) in [6.07, 6.45) is 11.1. The van der Waals surface area contributed by atoms with E-state index in [1.54, 1.807) is 12.7 Å². The third kappa shape index (κ3) is 3.07. The van der Waals surface area contributed by atoms with Crippen LogP contribution >= 0.6 is 0 Å². The van der Waals surface area contributed by atoms with E-state index in [0.717, 1.165) is 44.1 Å². The van der Waals surface area contributed by atoms with Gasteiger partial charge in [-0.25, -0.2) is 9.83 Å². The molecule has 7 heteroatoms. The molecule has 3 saturated carbocycles. The monoisotopic (exact) mass is 546 g/mol. The summed E-state index contributed by atoms with van der Waals surface area (Å²) >= 11 is 0. The first kappa shape index (κ1) is 27.7. The number of aliphatic hydroxyl groups excluding tert-OH is 1. The number of allylic oxidation sites excluding steroid dienone is 3. The molecule has 0 radical (unpaired) electrons. The number of aromatic nitrogens is 3. The van der Waals surface area contributed by atoms with Gasteiger partial charge in [-0.2, -0.15) is 5.10 Å². The van der Waals surface area contributed by atoms with E-state index in [1.165, 1.54) is 0 Å². The Morgan fingerprint density at radius 3 is 2.48 bits per heavy atom. The van der Waals surface area contributed by atoms with Gasteiger partial charge in [-0.05, 0) is 85.0 Å². The fourth-order valence-corrected chi connectivity index (χ4v) is 11.3. The summed E-state index contributed by atoms with van der Waals surface area (Å²) in [7, 11) is 0. The molecule has 2 N–H and O–H groups in total. The molecule has 40 heavy (non-hydrogen) atoms. The number of carbonyl (C=O) groups is 1. The first-order valence-corrected chi connectivity index (χ1v) is 15.2. The van der Waals surface area contributed by atoms with Crippen molar-refractivity contribution in [3.63, 3.8) is 0 Å². The van der Waals surface area contributed by atoms with Crippen LogP contribution in [0.5, 0.6) is 0 Å². The van der Waals surface area contributed by atoms with Gasteiger partial charge < -0.3 is 10.2 Å². The molecule has 7 nitrogen and oxygen atoms in total. The minimum absolute atomic E-state index is 0.107. The van der Waals surface area contributed by atoms with Crippen LogP contribution in [-0.4, -0.2) is 36.4 Å². The summed E-state index contributed by atoms with van der Waals surface area (Å²) in [5, 5.41) is 28.7. The van der Waals surface area contributed by atoms with Crippen LogP contribution in [0.1, 0.15) is 93.4 Å². The van der Waals surface area contributed by atoms with E-state index in [0.29, 0.717) is 24.6 Å². The zero-order valence-corrected chi connectivity index (χ0v) is 25.3. The van der Waals surface area contributed by atoms with Crippen LogP contribution in [0.3, 0.4) is 0 Å². The lowest BCUT2D eigenvalue weighted by Gasteiger charge is -2.72. The molecule has 0 amide bonds. The summed E-state index contributed by atoms with van der Waals surface area (Å²) < 4.78 is 1.90. The van der Waals surface area contributed by atoms with E-state index in [2.05, 4.69) is 49.5 Å². The normalized spacial score (nSPS) is 47.8. The Bertz CT molecular complexity index is 1360. The number of hydrogen-bond acceptors (Lipinski definition) is 5. The van der Waals surface area contributed by atoms with E-state index >= 15 is 0 Å². The fourth-order valence-electron chi connectivity index (χ4n) is 11.3. The van der Waals surface area contributed by atoms with Crippen LogP contribution in [0.25, 0.3) is 4.85 Å². The number of rotatable bonds is 2. The summed E-state index contributed by atoms with van der Waals surface area (Å²) in [4.78, 5) is 22.7. The van der Waals surface area contributed by atoms with Crippen molar-refractivity contribution >= 4 is 5.78 Å². The van der Waals surface area contributed by atoms with Gasteiger partial charge in [0, 0.05) is 23.3 Å². The second-order valence-corrected chi connectivity index (χ2v) is 15.5. The first-order chi connectivity index (χ1) is 18.6. The van der Waals surface area contributed by atoms with Crippen LogP contribution in [-0.2, 0) is 11.3 Å². The molecule has 0 aromatic carbocycles. The minimum atomic E-state index is -1.49. The van der Waals surface area contributed by atoms with Gasteiger partial charge in [-0.1, -0.05) is 54.0 Å². The SMILES string of the molecule is [C-]#[N+]C1=C(O)C(C)(C)[C@@H]2CC[C@]3(C)C(=CC(=O)C4(O)[C@@H]5[C@@H](C)[C@H](C)CC[C@]5(Cn5cncn5)CC[C@]43C)[C@@]2(C)C1. The van der Waals surface area contributed by atoms with E-state index in [9.17, 15) is 15.0 Å². The van der Waals surface area contributed by atoms with Crippen molar-refractivity contribution in [2.45, 2.75) is 106 Å². The van der Waals surface area contributed by atoms with Crippen molar-refractivity contribution in [3.8, 4) is 0 Å². The van der Waals surface area contributed by atoms with Crippen molar-refractivity contribution in [1.82, 2.24) is 14.8 Å². The molecule has 0 aliphatic heterocycles. The van der Waals surface area contributed by atoms with Gasteiger partial charge in [0.1, 0.15) is 24.0 Å². The lowest BCUT2D eigenvalue weighted by atomic mass is 9.32. The third-order valence-corrected chi connectivity index (χ3v) is 13.7. The van der Waals surface area contributed by atoms with Gasteiger partial charge in [0.15, 0.2) is 5.78 Å². The van der Waals surface area contributed by atoms with Crippen molar-refractivity contribution in [2.75, 3.05) is 0 Å².